The maximum absolute atomic E-state index is 11.6. The molecule has 1 aromatic carbocycles. The third-order valence-electron chi connectivity index (χ3n) is 2.52. The summed E-state index contributed by atoms with van der Waals surface area (Å²) in [6, 6.07) is 10.3. The van der Waals surface area contributed by atoms with Gasteiger partial charge in [-0.2, -0.15) is 11.8 Å². The molecule has 3 nitrogen and oxygen atoms in total. The van der Waals surface area contributed by atoms with Gasteiger partial charge in [0.15, 0.2) is 0 Å². The fourth-order valence-electron chi connectivity index (χ4n) is 1.48. The number of thioether (sulfide) groups is 1. The van der Waals surface area contributed by atoms with Crippen molar-refractivity contribution in [2.24, 2.45) is 0 Å². The molecule has 0 saturated carbocycles. The molecule has 0 saturated heterocycles. The maximum Gasteiger partial charge on any atom is 0.234 e. The van der Waals surface area contributed by atoms with Crippen molar-refractivity contribution in [3.63, 3.8) is 0 Å². The summed E-state index contributed by atoms with van der Waals surface area (Å²) in [5, 5.41) is 6.12. The van der Waals surface area contributed by atoms with Crippen molar-refractivity contribution in [1.29, 1.82) is 0 Å². The molecule has 1 unspecified atom stereocenters. The van der Waals surface area contributed by atoms with E-state index in [-0.39, 0.29) is 5.91 Å². The maximum atomic E-state index is 11.6. The summed E-state index contributed by atoms with van der Waals surface area (Å²) in [7, 11) is 0. The topological polar surface area (TPSA) is 41.1 Å². The second kappa shape index (κ2) is 9.00. The predicted octanol–water partition coefficient (Wildman–Crippen LogP) is 2.03. The Labute approximate surface area is 114 Å². The minimum Gasteiger partial charge on any atom is -0.351 e. The molecule has 0 aliphatic carbocycles. The van der Waals surface area contributed by atoms with E-state index in [9.17, 15) is 4.79 Å². The minimum absolute atomic E-state index is 0.0483. The lowest BCUT2D eigenvalue weighted by molar-refractivity contribution is -0.120. The standard InChI is InChI=1S/C14H22N2OS/c1-3-18-11-12(2)15-10-14(17)16-9-13-7-5-4-6-8-13/h4-8,12,15H,3,9-11H2,1-2H3,(H,16,17). The van der Waals surface area contributed by atoms with Gasteiger partial charge in [0.05, 0.1) is 6.54 Å². The number of hydrogen-bond donors (Lipinski definition) is 2. The molecule has 1 rings (SSSR count). The summed E-state index contributed by atoms with van der Waals surface area (Å²) in [6.45, 7) is 5.23. The smallest absolute Gasteiger partial charge is 0.234 e. The van der Waals surface area contributed by atoms with Crippen LogP contribution in [-0.2, 0) is 11.3 Å². The quantitative estimate of drug-likeness (QED) is 0.756. The van der Waals surface area contributed by atoms with E-state index >= 15 is 0 Å². The number of hydrogen-bond acceptors (Lipinski definition) is 3. The van der Waals surface area contributed by atoms with Crippen LogP contribution in [-0.4, -0.2) is 30.0 Å². The van der Waals surface area contributed by atoms with Crippen molar-refractivity contribution >= 4 is 17.7 Å². The normalized spacial score (nSPS) is 12.1. The molecule has 0 aromatic heterocycles. The molecule has 1 atom stereocenters. The lowest BCUT2D eigenvalue weighted by Gasteiger charge is -2.12. The fraction of sp³-hybridized carbons (Fsp3) is 0.500. The summed E-state index contributed by atoms with van der Waals surface area (Å²) in [5.41, 5.74) is 1.13. The van der Waals surface area contributed by atoms with Crippen molar-refractivity contribution in [2.45, 2.75) is 26.4 Å². The zero-order chi connectivity index (χ0) is 13.2. The van der Waals surface area contributed by atoms with Crippen LogP contribution in [0.5, 0.6) is 0 Å². The number of carbonyl (C=O) groups is 1. The van der Waals surface area contributed by atoms with Gasteiger partial charge in [-0.05, 0) is 18.2 Å². The van der Waals surface area contributed by atoms with Crippen molar-refractivity contribution in [3.05, 3.63) is 35.9 Å². The Bertz CT molecular complexity index is 343. The molecular formula is C14H22N2OS. The number of amides is 1. The Balaban J connectivity index is 2.14. The van der Waals surface area contributed by atoms with Gasteiger partial charge in [0.1, 0.15) is 0 Å². The highest BCUT2D eigenvalue weighted by molar-refractivity contribution is 7.99. The summed E-state index contributed by atoms with van der Waals surface area (Å²) in [5.74, 6) is 2.21. The molecule has 2 N–H and O–H groups in total. The molecule has 0 spiro atoms. The zero-order valence-electron chi connectivity index (χ0n) is 11.1. The Morgan fingerprint density at radius 1 is 1.33 bits per heavy atom. The first-order chi connectivity index (χ1) is 8.72. The largest absolute Gasteiger partial charge is 0.351 e. The lowest BCUT2D eigenvalue weighted by atomic mass is 10.2. The molecule has 1 aromatic rings. The fourth-order valence-corrected chi connectivity index (χ4v) is 2.19. The van der Waals surface area contributed by atoms with Crippen LogP contribution in [0, 0.1) is 0 Å². The molecule has 0 bridgehead atoms. The second-order valence-corrected chi connectivity index (χ2v) is 5.52. The van der Waals surface area contributed by atoms with Crippen molar-refractivity contribution in [2.75, 3.05) is 18.1 Å². The summed E-state index contributed by atoms with van der Waals surface area (Å²) in [4.78, 5) is 11.6. The van der Waals surface area contributed by atoms with E-state index in [0.29, 0.717) is 19.1 Å². The molecule has 100 valence electrons. The third kappa shape index (κ3) is 6.67. The van der Waals surface area contributed by atoms with Gasteiger partial charge in [-0.15, -0.1) is 0 Å². The molecule has 0 aliphatic rings. The Hall–Kier alpha value is -1.00. The zero-order valence-corrected chi connectivity index (χ0v) is 11.9. The number of carbonyl (C=O) groups excluding carboxylic acids is 1. The first-order valence-corrected chi connectivity index (χ1v) is 7.49. The van der Waals surface area contributed by atoms with Crippen LogP contribution >= 0.6 is 11.8 Å². The van der Waals surface area contributed by atoms with Crippen LogP contribution in [0.15, 0.2) is 30.3 Å². The number of nitrogens with one attached hydrogen (secondary N) is 2. The molecule has 1 amide bonds. The van der Waals surface area contributed by atoms with Gasteiger partial charge in [-0.3, -0.25) is 4.79 Å². The molecule has 0 fully saturated rings. The van der Waals surface area contributed by atoms with E-state index < -0.39 is 0 Å². The van der Waals surface area contributed by atoms with Gasteiger partial charge in [0, 0.05) is 18.3 Å². The molecule has 0 radical (unpaired) electrons. The highest BCUT2D eigenvalue weighted by atomic mass is 32.2. The van der Waals surface area contributed by atoms with Gasteiger partial charge in [0.25, 0.3) is 0 Å². The average Bonchev–Trinajstić information content (AvgIpc) is 2.41. The minimum atomic E-state index is 0.0483. The van der Waals surface area contributed by atoms with Gasteiger partial charge >= 0.3 is 0 Å². The summed E-state index contributed by atoms with van der Waals surface area (Å²) < 4.78 is 0. The van der Waals surface area contributed by atoms with Gasteiger partial charge < -0.3 is 10.6 Å². The molecular weight excluding hydrogens is 244 g/mol. The van der Waals surface area contributed by atoms with Crippen LogP contribution in [0.25, 0.3) is 0 Å². The highest BCUT2D eigenvalue weighted by Crippen LogP contribution is 2.00. The highest BCUT2D eigenvalue weighted by Gasteiger charge is 2.04. The Morgan fingerprint density at radius 3 is 2.72 bits per heavy atom. The van der Waals surface area contributed by atoms with E-state index in [1.807, 2.05) is 42.1 Å². The van der Waals surface area contributed by atoms with Crippen LogP contribution in [0.4, 0.5) is 0 Å². The van der Waals surface area contributed by atoms with Gasteiger partial charge in [-0.25, -0.2) is 0 Å². The van der Waals surface area contributed by atoms with E-state index in [1.165, 1.54) is 0 Å². The number of rotatable bonds is 8. The predicted molar refractivity (Wildman–Crippen MR) is 78.8 cm³/mol. The van der Waals surface area contributed by atoms with Crippen molar-refractivity contribution in [1.82, 2.24) is 10.6 Å². The van der Waals surface area contributed by atoms with Crippen LogP contribution in [0.2, 0.25) is 0 Å². The van der Waals surface area contributed by atoms with E-state index in [1.54, 1.807) is 0 Å². The van der Waals surface area contributed by atoms with Crippen molar-refractivity contribution in [3.8, 4) is 0 Å². The van der Waals surface area contributed by atoms with Crippen LogP contribution < -0.4 is 10.6 Å². The van der Waals surface area contributed by atoms with Crippen molar-refractivity contribution < 1.29 is 4.79 Å². The summed E-state index contributed by atoms with van der Waals surface area (Å²) in [6.07, 6.45) is 0. The van der Waals surface area contributed by atoms with E-state index in [0.717, 1.165) is 17.1 Å². The number of benzene rings is 1. The molecule has 0 aliphatic heterocycles. The third-order valence-corrected chi connectivity index (χ3v) is 3.66. The Kier molecular flexibility index (Phi) is 7.53. The van der Waals surface area contributed by atoms with Gasteiger partial charge in [0.2, 0.25) is 5.91 Å². The SMILES string of the molecule is CCSCC(C)NCC(=O)NCc1ccccc1. The first-order valence-electron chi connectivity index (χ1n) is 6.34. The lowest BCUT2D eigenvalue weighted by Crippen LogP contribution is -2.38. The first kappa shape index (κ1) is 15.1. The molecule has 18 heavy (non-hydrogen) atoms. The van der Waals surface area contributed by atoms with E-state index in [2.05, 4.69) is 24.5 Å². The summed E-state index contributed by atoms with van der Waals surface area (Å²) >= 11 is 1.88. The molecule has 0 heterocycles. The van der Waals surface area contributed by atoms with Crippen LogP contribution in [0.1, 0.15) is 19.4 Å². The monoisotopic (exact) mass is 266 g/mol. The van der Waals surface area contributed by atoms with E-state index in [4.69, 9.17) is 0 Å². The second-order valence-electron chi connectivity index (χ2n) is 4.20. The molecule has 4 heteroatoms. The van der Waals surface area contributed by atoms with Gasteiger partial charge in [-0.1, -0.05) is 37.3 Å². The Morgan fingerprint density at radius 2 is 2.06 bits per heavy atom. The average molecular weight is 266 g/mol. The van der Waals surface area contributed by atoms with Crippen LogP contribution in [0.3, 0.4) is 0 Å².